The van der Waals surface area contributed by atoms with Gasteiger partial charge >= 0.3 is 0 Å². The van der Waals surface area contributed by atoms with Gasteiger partial charge in [-0.3, -0.25) is 0 Å². The maximum atomic E-state index is 5.81. The highest BCUT2D eigenvalue weighted by Gasteiger charge is 2.03. The van der Waals surface area contributed by atoms with Crippen LogP contribution in [-0.2, 0) is 6.54 Å². The first-order valence-electron chi connectivity index (χ1n) is 7.87. The molecule has 0 amide bonds. The van der Waals surface area contributed by atoms with Gasteiger partial charge in [0.2, 0.25) is 5.95 Å². The Morgan fingerprint density at radius 3 is 2.88 bits per heavy atom. The van der Waals surface area contributed by atoms with Gasteiger partial charge in [-0.25, -0.2) is 15.0 Å². The molecule has 9 heteroatoms. The molecule has 3 heterocycles. The van der Waals surface area contributed by atoms with Gasteiger partial charge in [0.25, 0.3) is 0 Å². The predicted octanol–water partition coefficient (Wildman–Crippen LogP) is 2.47. The van der Waals surface area contributed by atoms with Gasteiger partial charge in [0, 0.05) is 43.6 Å². The number of pyridine rings is 1. The summed E-state index contributed by atoms with van der Waals surface area (Å²) < 4.78 is 0. The number of anilines is 1. The zero-order chi connectivity index (χ0) is 17.5. The van der Waals surface area contributed by atoms with Crippen molar-refractivity contribution >= 4 is 45.9 Å². The highest BCUT2D eigenvalue weighted by Crippen LogP contribution is 2.14. The number of nitrogens with one attached hydrogen (secondary N) is 4. The van der Waals surface area contributed by atoms with Gasteiger partial charge in [0.05, 0.1) is 0 Å². The van der Waals surface area contributed by atoms with Crippen LogP contribution in [0.1, 0.15) is 12.0 Å². The van der Waals surface area contributed by atoms with Gasteiger partial charge in [-0.05, 0) is 42.4 Å². The summed E-state index contributed by atoms with van der Waals surface area (Å²) in [7, 11) is 0. The fraction of sp³-hybridized carbons (Fsp3) is 0.250. The van der Waals surface area contributed by atoms with Crippen LogP contribution in [0.4, 0.5) is 5.95 Å². The number of hydrogen-bond acceptors (Lipinski definition) is 5. The van der Waals surface area contributed by atoms with E-state index in [4.69, 9.17) is 23.8 Å². The lowest BCUT2D eigenvalue weighted by Crippen LogP contribution is -2.35. The predicted molar refractivity (Wildman–Crippen MR) is 104 cm³/mol. The molecule has 0 saturated heterocycles. The topological polar surface area (TPSA) is 90.6 Å². The van der Waals surface area contributed by atoms with Gasteiger partial charge < -0.3 is 20.9 Å². The van der Waals surface area contributed by atoms with Crippen LogP contribution in [0.25, 0.3) is 11.0 Å². The first-order valence-corrected chi connectivity index (χ1v) is 8.66. The monoisotopic (exact) mass is 375 g/mol. The minimum absolute atomic E-state index is 0.425. The number of hydrogen-bond donors (Lipinski definition) is 4. The third-order valence-corrected chi connectivity index (χ3v) is 4.03. The third-order valence-electron chi connectivity index (χ3n) is 3.53. The summed E-state index contributed by atoms with van der Waals surface area (Å²) in [5.74, 6) is 0.529. The van der Waals surface area contributed by atoms with Crippen LogP contribution >= 0.6 is 23.8 Å². The minimum Gasteiger partial charge on any atom is -0.363 e. The molecule has 0 saturated carbocycles. The first-order chi connectivity index (χ1) is 12.2. The maximum absolute atomic E-state index is 5.81. The molecule has 3 rings (SSSR count). The Morgan fingerprint density at radius 2 is 2.00 bits per heavy atom. The van der Waals surface area contributed by atoms with E-state index in [0.717, 1.165) is 36.1 Å². The van der Waals surface area contributed by atoms with Crippen molar-refractivity contribution < 1.29 is 0 Å². The fourth-order valence-corrected chi connectivity index (χ4v) is 2.63. The van der Waals surface area contributed by atoms with Crippen LogP contribution in [0, 0.1) is 0 Å². The number of aromatic nitrogens is 4. The van der Waals surface area contributed by atoms with E-state index in [0.29, 0.717) is 22.8 Å². The Labute approximate surface area is 155 Å². The van der Waals surface area contributed by atoms with E-state index in [1.165, 1.54) is 0 Å². The third kappa shape index (κ3) is 5.01. The molecule has 0 fully saturated rings. The van der Waals surface area contributed by atoms with Gasteiger partial charge in [-0.15, -0.1) is 0 Å². The van der Waals surface area contributed by atoms with Crippen LogP contribution in [0.15, 0.2) is 36.8 Å². The minimum atomic E-state index is 0.425. The molecule has 0 aliphatic heterocycles. The normalized spacial score (nSPS) is 10.6. The summed E-state index contributed by atoms with van der Waals surface area (Å²) in [5, 5.41) is 11.7. The molecule has 0 radical (unpaired) electrons. The molecular weight excluding hydrogens is 358 g/mol. The molecular formula is C16H18ClN7S. The number of rotatable bonds is 7. The maximum Gasteiger partial charge on any atom is 0.224 e. The molecule has 0 bridgehead atoms. The van der Waals surface area contributed by atoms with E-state index in [9.17, 15) is 0 Å². The smallest absolute Gasteiger partial charge is 0.224 e. The average molecular weight is 376 g/mol. The van der Waals surface area contributed by atoms with Crippen LogP contribution in [0.3, 0.4) is 0 Å². The van der Waals surface area contributed by atoms with Gasteiger partial charge in [0.15, 0.2) is 5.11 Å². The Morgan fingerprint density at radius 1 is 1.12 bits per heavy atom. The summed E-state index contributed by atoms with van der Waals surface area (Å²) in [6, 6.07) is 5.64. The van der Waals surface area contributed by atoms with Crippen molar-refractivity contribution in [3.63, 3.8) is 0 Å². The molecule has 3 aromatic heterocycles. The zero-order valence-electron chi connectivity index (χ0n) is 13.4. The van der Waals surface area contributed by atoms with Gasteiger partial charge in [-0.2, -0.15) is 0 Å². The molecule has 0 aromatic carbocycles. The second-order valence-corrected chi connectivity index (χ2v) is 6.10. The number of aromatic amines is 1. The second kappa shape index (κ2) is 8.59. The van der Waals surface area contributed by atoms with E-state index < -0.39 is 0 Å². The van der Waals surface area contributed by atoms with Crippen LogP contribution < -0.4 is 16.0 Å². The number of H-pyrrole nitrogens is 1. The van der Waals surface area contributed by atoms with Gasteiger partial charge in [-0.1, -0.05) is 11.6 Å². The van der Waals surface area contributed by atoms with E-state index in [-0.39, 0.29) is 0 Å². The molecule has 0 spiro atoms. The number of halogens is 1. The Balaban J connectivity index is 1.35. The largest absolute Gasteiger partial charge is 0.363 e. The summed E-state index contributed by atoms with van der Waals surface area (Å²) in [6.45, 7) is 2.12. The van der Waals surface area contributed by atoms with Gasteiger partial charge in [0.1, 0.15) is 10.8 Å². The van der Waals surface area contributed by atoms with E-state index >= 15 is 0 Å². The van der Waals surface area contributed by atoms with Crippen molar-refractivity contribution in [1.82, 2.24) is 30.6 Å². The van der Waals surface area contributed by atoms with E-state index in [1.807, 2.05) is 18.3 Å². The van der Waals surface area contributed by atoms with Crippen molar-refractivity contribution in [2.24, 2.45) is 0 Å². The lowest BCUT2D eigenvalue weighted by molar-refractivity contribution is 0.774. The first kappa shape index (κ1) is 17.4. The molecule has 130 valence electrons. The number of fused-ring (bicyclic) bond motifs is 1. The summed E-state index contributed by atoms with van der Waals surface area (Å²) in [4.78, 5) is 15.5. The zero-order valence-corrected chi connectivity index (χ0v) is 15.0. The Kier molecular flexibility index (Phi) is 5.97. The van der Waals surface area contributed by atoms with Crippen molar-refractivity contribution in [1.29, 1.82) is 0 Å². The second-order valence-electron chi connectivity index (χ2n) is 5.30. The lowest BCUT2D eigenvalue weighted by Gasteiger charge is -2.11. The molecule has 0 aliphatic rings. The summed E-state index contributed by atoms with van der Waals surface area (Å²) in [5.41, 5.74) is 2.03. The Bertz CT molecular complexity index is 851. The van der Waals surface area contributed by atoms with Crippen molar-refractivity contribution in [2.45, 2.75) is 13.0 Å². The highest BCUT2D eigenvalue weighted by molar-refractivity contribution is 7.80. The molecule has 0 unspecified atom stereocenters. The molecule has 4 N–H and O–H groups in total. The molecule has 25 heavy (non-hydrogen) atoms. The molecule has 3 aromatic rings. The van der Waals surface area contributed by atoms with E-state index in [1.54, 1.807) is 18.5 Å². The van der Waals surface area contributed by atoms with Crippen molar-refractivity contribution in [3.8, 4) is 0 Å². The summed E-state index contributed by atoms with van der Waals surface area (Å²) in [6.07, 6.45) is 6.16. The molecule has 0 atom stereocenters. The van der Waals surface area contributed by atoms with Crippen molar-refractivity contribution in [2.75, 3.05) is 18.4 Å². The quantitative estimate of drug-likeness (QED) is 0.286. The SMILES string of the molecule is S=C(NCCCNc1nccc(Cl)n1)NCc1ccnc2[nH]ccc12. The molecule has 7 nitrogen and oxygen atoms in total. The van der Waals surface area contributed by atoms with E-state index in [2.05, 4.69) is 35.9 Å². The average Bonchev–Trinajstić information content (AvgIpc) is 3.09. The Hall–Kier alpha value is -2.45. The number of nitrogens with zero attached hydrogens (tertiary/aromatic N) is 3. The fourth-order valence-electron chi connectivity index (χ4n) is 2.32. The molecule has 0 aliphatic carbocycles. The lowest BCUT2D eigenvalue weighted by atomic mass is 10.2. The van der Waals surface area contributed by atoms with Crippen LogP contribution in [-0.4, -0.2) is 38.1 Å². The van der Waals surface area contributed by atoms with Crippen LogP contribution in [0.2, 0.25) is 5.15 Å². The number of thiocarbonyl (C=S) groups is 1. The summed E-state index contributed by atoms with van der Waals surface area (Å²) >= 11 is 11.1. The highest BCUT2D eigenvalue weighted by atomic mass is 35.5. The standard InChI is InChI=1S/C16H18ClN7S/c17-13-4-9-21-15(24-13)20-5-1-6-22-16(25)23-10-11-2-7-18-14-12(11)3-8-19-14/h2-4,7-9H,1,5-6,10H2,(H,18,19)(H,20,21,24)(H2,22,23,25). The van der Waals surface area contributed by atoms with Crippen molar-refractivity contribution in [3.05, 3.63) is 47.5 Å². The van der Waals surface area contributed by atoms with Crippen LogP contribution in [0.5, 0.6) is 0 Å².